The number of carbonyl (C=O) groups is 2. The summed E-state index contributed by atoms with van der Waals surface area (Å²) < 4.78 is 0.947. The van der Waals surface area contributed by atoms with Crippen LogP contribution in [0.15, 0.2) is 94.3 Å². The molecule has 1 unspecified atom stereocenters. The van der Waals surface area contributed by atoms with Crippen molar-refractivity contribution in [2.24, 2.45) is 0 Å². The number of benzene rings is 3. The van der Waals surface area contributed by atoms with E-state index in [9.17, 15) is 9.59 Å². The summed E-state index contributed by atoms with van der Waals surface area (Å²) in [6.45, 7) is 4.25. The van der Waals surface area contributed by atoms with Crippen molar-refractivity contribution in [3.8, 4) is 0 Å². The van der Waals surface area contributed by atoms with E-state index in [1.165, 1.54) is 0 Å². The van der Waals surface area contributed by atoms with Gasteiger partial charge in [0.25, 0.3) is 0 Å². The van der Waals surface area contributed by atoms with Crippen molar-refractivity contribution in [1.29, 1.82) is 0 Å². The van der Waals surface area contributed by atoms with Gasteiger partial charge < -0.3 is 10.2 Å². The van der Waals surface area contributed by atoms with Gasteiger partial charge in [0.15, 0.2) is 0 Å². The fourth-order valence-corrected chi connectivity index (χ4v) is 4.99. The van der Waals surface area contributed by atoms with Crippen LogP contribution in [0.2, 0.25) is 0 Å². The van der Waals surface area contributed by atoms with E-state index in [2.05, 4.69) is 21.2 Å². The lowest BCUT2D eigenvalue weighted by Crippen LogP contribution is -2.51. The first-order valence-corrected chi connectivity index (χ1v) is 13.3. The molecule has 1 atom stereocenters. The van der Waals surface area contributed by atoms with Gasteiger partial charge in [-0.2, -0.15) is 0 Å². The maximum absolute atomic E-state index is 13.6. The Morgan fingerprint density at radius 3 is 2.21 bits per heavy atom. The molecule has 3 aromatic carbocycles. The molecule has 0 aliphatic carbocycles. The third kappa shape index (κ3) is 8.33. The van der Waals surface area contributed by atoms with E-state index in [1.807, 2.05) is 98.8 Å². The van der Waals surface area contributed by atoms with E-state index >= 15 is 0 Å². The predicted octanol–water partition coefficient (Wildman–Crippen LogP) is 6.10. The van der Waals surface area contributed by atoms with Crippen molar-refractivity contribution in [2.75, 3.05) is 5.75 Å². The monoisotopic (exact) mass is 538 g/mol. The normalized spacial score (nSPS) is 11.8. The Morgan fingerprint density at radius 2 is 1.56 bits per heavy atom. The van der Waals surface area contributed by atoms with Crippen molar-refractivity contribution in [1.82, 2.24) is 10.2 Å². The highest BCUT2D eigenvalue weighted by Gasteiger charge is 2.30. The van der Waals surface area contributed by atoms with Crippen LogP contribution in [0.1, 0.15) is 31.4 Å². The quantitative estimate of drug-likeness (QED) is 0.300. The topological polar surface area (TPSA) is 49.4 Å². The van der Waals surface area contributed by atoms with Gasteiger partial charge in [0, 0.05) is 40.5 Å². The third-order valence-corrected chi connectivity index (χ3v) is 6.78. The smallest absolute Gasteiger partial charge is 0.243 e. The van der Waals surface area contributed by atoms with E-state index in [4.69, 9.17) is 0 Å². The molecule has 0 aromatic heterocycles. The molecule has 0 saturated carbocycles. The number of thioether (sulfide) groups is 1. The average Bonchev–Trinajstić information content (AvgIpc) is 2.82. The number of nitrogens with one attached hydrogen (secondary N) is 1. The minimum absolute atomic E-state index is 0.0118. The van der Waals surface area contributed by atoms with Crippen LogP contribution < -0.4 is 5.32 Å². The lowest BCUT2D eigenvalue weighted by atomic mass is 10.0. The minimum atomic E-state index is -0.599. The average molecular weight is 540 g/mol. The number of rotatable bonds is 11. The van der Waals surface area contributed by atoms with Gasteiger partial charge in [-0.05, 0) is 49.2 Å². The van der Waals surface area contributed by atoms with E-state index in [0.29, 0.717) is 25.1 Å². The Labute approximate surface area is 215 Å². The number of amides is 2. The van der Waals surface area contributed by atoms with Gasteiger partial charge in [-0.1, -0.05) is 76.6 Å². The molecule has 3 rings (SSSR count). The van der Waals surface area contributed by atoms with Gasteiger partial charge in [-0.3, -0.25) is 9.59 Å². The maximum Gasteiger partial charge on any atom is 0.243 e. The van der Waals surface area contributed by atoms with Crippen molar-refractivity contribution in [3.63, 3.8) is 0 Å². The predicted molar refractivity (Wildman–Crippen MR) is 144 cm³/mol. The maximum atomic E-state index is 13.6. The summed E-state index contributed by atoms with van der Waals surface area (Å²) in [7, 11) is 0. The lowest BCUT2D eigenvalue weighted by Gasteiger charge is -2.32. The van der Waals surface area contributed by atoms with Gasteiger partial charge in [0.1, 0.15) is 6.04 Å². The van der Waals surface area contributed by atoms with Crippen molar-refractivity contribution in [2.45, 2.75) is 50.2 Å². The molecule has 0 fully saturated rings. The van der Waals surface area contributed by atoms with Crippen LogP contribution in [0, 0.1) is 0 Å². The molecule has 0 aliphatic heterocycles. The molecule has 0 aliphatic rings. The molecule has 4 nitrogen and oxygen atoms in total. The summed E-state index contributed by atoms with van der Waals surface area (Å²) in [5.41, 5.74) is 2.01. The fraction of sp³-hybridized carbons (Fsp3) is 0.286. The Kier molecular flexibility index (Phi) is 10.2. The number of carbonyl (C=O) groups excluding carboxylic acids is 2. The summed E-state index contributed by atoms with van der Waals surface area (Å²) in [5, 5.41) is 3.03. The van der Waals surface area contributed by atoms with Crippen LogP contribution in [0.3, 0.4) is 0 Å². The molecule has 3 aromatic rings. The van der Waals surface area contributed by atoms with Crippen LogP contribution >= 0.6 is 27.7 Å². The third-order valence-electron chi connectivity index (χ3n) is 5.27. The van der Waals surface area contributed by atoms with Crippen LogP contribution in [0.4, 0.5) is 0 Å². The van der Waals surface area contributed by atoms with Gasteiger partial charge >= 0.3 is 0 Å². The second kappa shape index (κ2) is 13.4. The first-order valence-electron chi connectivity index (χ1n) is 11.5. The first kappa shape index (κ1) is 26.0. The van der Waals surface area contributed by atoms with Gasteiger partial charge in [-0.25, -0.2) is 0 Å². The Bertz CT molecular complexity index is 1060. The SMILES string of the molecule is CC(C)NC(=O)C(Cc1ccccc1)N(Cc1cccc(Br)c1)C(=O)CCSc1ccccc1. The number of nitrogens with zero attached hydrogens (tertiary/aromatic N) is 1. The van der Waals surface area contributed by atoms with Crippen LogP contribution in [-0.4, -0.2) is 34.6 Å². The highest BCUT2D eigenvalue weighted by Crippen LogP contribution is 2.21. The fourth-order valence-electron chi connectivity index (χ4n) is 3.68. The zero-order chi connectivity index (χ0) is 24.3. The molecule has 0 heterocycles. The molecular formula is C28H31BrN2O2S. The number of hydrogen-bond donors (Lipinski definition) is 1. The Balaban J connectivity index is 1.85. The standard InChI is InChI=1S/C28H31BrN2O2S/c1-21(2)30-28(33)26(19-22-10-5-3-6-11-22)31(20-23-12-9-13-24(29)18-23)27(32)16-17-34-25-14-7-4-8-15-25/h3-15,18,21,26H,16-17,19-20H2,1-2H3,(H,30,33). The van der Waals surface area contributed by atoms with E-state index in [0.717, 1.165) is 20.5 Å². The number of halogens is 1. The van der Waals surface area contributed by atoms with Crippen LogP contribution in [-0.2, 0) is 22.6 Å². The molecule has 0 radical (unpaired) electrons. The Morgan fingerprint density at radius 1 is 0.912 bits per heavy atom. The zero-order valence-electron chi connectivity index (χ0n) is 19.6. The highest BCUT2D eigenvalue weighted by atomic mass is 79.9. The van der Waals surface area contributed by atoms with E-state index in [-0.39, 0.29) is 17.9 Å². The highest BCUT2D eigenvalue weighted by molar-refractivity contribution is 9.10. The molecule has 178 valence electrons. The summed E-state index contributed by atoms with van der Waals surface area (Å²) in [4.78, 5) is 29.8. The summed E-state index contributed by atoms with van der Waals surface area (Å²) in [5.74, 6) is 0.503. The van der Waals surface area contributed by atoms with Crippen LogP contribution in [0.25, 0.3) is 0 Å². The molecular weight excluding hydrogens is 508 g/mol. The molecule has 2 amide bonds. The molecule has 6 heteroatoms. The number of hydrogen-bond acceptors (Lipinski definition) is 3. The van der Waals surface area contributed by atoms with Crippen molar-refractivity contribution < 1.29 is 9.59 Å². The van der Waals surface area contributed by atoms with E-state index < -0.39 is 6.04 Å². The van der Waals surface area contributed by atoms with Crippen LogP contribution in [0.5, 0.6) is 0 Å². The lowest BCUT2D eigenvalue weighted by molar-refractivity contribution is -0.141. The van der Waals surface area contributed by atoms with Gasteiger partial charge in [-0.15, -0.1) is 11.8 Å². The summed E-state index contributed by atoms with van der Waals surface area (Å²) in [6, 6.07) is 27.2. The Hall–Kier alpha value is -2.57. The summed E-state index contributed by atoms with van der Waals surface area (Å²) in [6.07, 6.45) is 0.818. The van der Waals surface area contributed by atoms with Gasteiger partial charge in [0.05, 0.1) is 0 Å². The van der Waals surface area contributed by atoms with Crippen molar-refractivity contribution >= 4 is 39.5 Å². The second-order valence-corrected chi connectivity index (χ2v) is 10.5. The first-order chi connectivity index (χ1) is 16.4. The minimum Gasteiger partial charge on any atom is -0.352 e. The largest absolute Gasteiger partial charge is 0.352 e. The molecule has 34 heavy (non-hydrogen) atoms. The van der Waals surface area contributed by atoms with Crippen molar-refractivity contribution in [3.05, 3.63) is 101 Å². The second-order valence-electron chi connectivity index (χ2n) is 8.43. The zero-order valence-corrected chi connectivity index (χ0v) is 22.0. The van der Waals surface area contributed by atoms with Gasteiger partial charge in [0.2, 0.25) is 11.8 Å². The molecule has 0 bridgehead atoms. The van der Waals surface area contributed by atoms with E-state index in [1.54, 1.807) is 16.7 Å². The summed E-state index contributed by atoms with van der Waals surface area (Å²) >= 11 is 5.18. The molecule has 0 spiro atoms. The molecule has 0 saturated heterocycles. The molecule has 1 N–H and O–H groups in total.